The van der Waals surface area contributed by atoms with E-state index in [1.54, 1.807) is 0 Å². The van der Waals surface area contributed by atoms with Crippen LogP contribution in [0.2, 0.25) is 0 Å². The van der Waals surface area contributed by atoms with Crippen molar-refractivity contribution in [3.8, 4) is 0 Å². The molecule has 3 saturated carbocycles. The third-order valence-electron chi connectivity index (χ3n) is 6.08. The maximum Gasteiger partial charge on any atom is 0.147 e. The Morgan fingerprint density at radius 3 is 2.22 bits per heavy atom. The van der Waals surface area contributed by atoms with Gasteiger partial charge in [-0.2, -0.15) is 0 Å². The molecular formula is C16H20O2. The molecule has 0 radical (unpaired) electrons. The Morgan fingerprint density at radius 1 is 1.00 bits per heavy atom. The number of hydrogen-bond donors (Lipinski definition) is 0. The van der Waals surface area contributed by atoms with Crippen molar-refractivity contribution in [1.29, 1.82) is 0 Å². The predicted molar refractivity (Wildman–Crippen MR) is 67.7 cm³/mol. The molecule has 96 valence electrons. The highest BCUT2D eigenvalue weighted by Gasteiger charge is 2.69. The lowest BCUT2D eigenvalue weighted by Crippen LogP contribution is -2.36. The second kappa shape index (κ2) is 2.97. The summed E-state index contributed by atoms with van der Waals surface area (Å²) in [4.78, 5) is 24.7. The number of Topliss-reactive ketones (excluding diaryl/α,β-unsaturated/α-hetero) is 2. The maximum atomic E-state index is 12.5. The van der Waals surface area contributed by atoms with Gasteiger partial charge in [0, 0.05) is 23.7 Å². The summed E-state index contributed by atoms with van der Waals surface area (Å²) >= 11 is 0. The van der Waals surface area contributed by atoms with Gasteiger partial charge in [-0.05, 0) is 29.6 Å². The summed E-state index contributed by atoms with van der Waals surface area (Å²) in [6.45, 7) is 6.72. The molecule has 0 saturated heterocycles. The highest BCUT2D eigenvalue weighted by atomic mass is 16.1. The summed E-state index contributed by atoms with van der Waals surface area (Å²) in [7, 11) is 0. The second-order valence-corrected chi connectivity index (χ2v) is 7.74. The van der Waals surface area contributed by atoms with Crippen LogP contribution in [-0.4, -0.2) is 11.6 Å². The van der Waals surface area contributed by atoms with Gasteiger partial charge < -0.3 is 0 Å². The minimum Gasteiger partial charge on any atom is -0.299 e. The van der Waals surface area contributed by atoms with Crippen molar-refractivity contribution in [3.63, 3.8) is 0 Å². The minimum absolute atomic E-state index is 0.0732. The van der Waals surface area contributed by atoms with Crippen molar-refractivity contribution in [2.45, 2.75) is 27.2 Å². The van der Waals surface area contributed by atoms with Crippen LogP contribution in [0.1, 0.15) is 27.2 Å². The highest BCUT2D eigenvalue weighted by Crippen LogP contribution is 2.66. The van der Waals surface area contributed by atoms with Gasteiger partial charge in [-0.3, -0.25) is 9.59 Å². The smallest absolute Gasteiger partial charge is 0.147 e. The Kier molecular flexibility index (Phi) is 1.81. The summed E-state index contributed by atoms with van der Waals surface area (Å²) in [5, 5.41) is 0. The largest absolute Gasteiger partial charge is 0.299 e. The number of carbonyl (C=O) groups excluding carboxylic acids is 2. The predicted octanol–water partition coefficient (Wildman–Crippen LogP) is 2.48. The van der Waals surface area contributed by atoms with Gasteiger partial charge in [0.25, 0.3) is 0 Å². The van der Waals surface area contributed by atoms with Crippen molar-refractivity contribution >= 4 is 11.6 Å². The molecule has 18 heavy (non-hydrogen) atoms. The van der Waals surface area contributed by atoms with Crippen LogP contribution in [0.3, 0.4) is 0 Å². The Morgan fingerprint density at radius 2 is 1.61 bits per heavy atom. The molecule has 7 atom stereocenters. The van der Waals surface area contributed by atoms with E-state index in [4.69, 9.17) is 0 Å². The zero-order valence-corrected chi connectivity index (χ0v) is 11.2. The summed E-state index contributed by atoms with van der Waals surface area (Å²) < 4.78 is 0. The number of allylic oxidation sites excluding steroid dienone is 2. The first-order valence-corrected chi connectivity index (χ1v) is 7.17. The summed E-state index contributed by atoms with van der Waals surface area (Å²) in [5.41, 5.74) is 0.189. The molecular weight excluding hydrogens is 224 g/mol. The first kappa shape index (κ1) is 11.0. The zero-order chi connectivity index (χ0) is 12.8. The van der Waals surface area contributed by atoms with E-state index >= 15 is 0 Å². The van der Waals surface area contributed by atoms with Gasteiger partial charge in [0.05, 0.1) is 0 Å². The van der Waals surface area contributed by atoms with Crippen molar-refractivity contribution in [2.24, 2.45) is 46.8 Å². The molecule has 2 nitrogen and oxygen atoms in total. The maximum absolute atomic E-state index is 12.5. The second-order valence-electron chi connectivity index (χ2n) is 7.74. The van der Waals surface area contributed by atoms with Crippen LogP contribution in [-0.2, 0) is 9.59 Å². The SMILES string of the molecule is CC(C)(C)C1CC2C(=O)C1C1C3C=CC(C3=O)C21. The molecule has 7 unspecified atom stereocenters. The third-order valence-corrected chi connectivity index (χ3v) is 6.08. The lowest BCUT2D eigenvalue weighted by molar-refractivity contribution is -0.125. The number of rotatable bonds is 0. The fourth-order valence-electron chi connectivity index (χ4n) is 5.43. The Labute approximate surface area is 108 Å². The lowest BCUT2D eigenvalue weighted by atomic mass is 9.63. The molecule has 0 N–H and O–H groups in total. The van der Waals surface area contributed by atoms with Crippen LogP contribution in [0, 0.1) is 46.8 Å². The summed E-state index contributed by atoms with van der Waals surface area (Å²) in [5.74, 6) is 2.60. The summed E-state index contributed by atoms with van der Waals surface area (Å²) in [6.07, 6.45) is 5.19. The van der Waals surface area contributed by atoms with E-state index in [0.29, 0.717) is 29.3 Å². The monoisotopic (exact) mass is 244 g/mol. The minimum atomic E-state index is 0.0732. The molecule has 0 aromatic carbocycles. The molecule has 3 fully saturated rings. The number of hydrogen-bond acceptors (Lipinski definition) is 2. The van der Waals surface area contributed by atoms with Gasteiger partial charge >= 0.3 is 0 Å². The molecule has 4 aliphatic rings. The average molecular weight is 244 g/mol. The number of fused-ring (bicyclic) bond motifs is 9. The quantitative estimate of drug-likeness (QED) is 0.484. The summed E-state index contributed by atoms with van der Waals surface area (Å²) in [6, 6.07) is 0. The van der Waals surface area contributed by atoms with E-state index in [9.17, 15) is 9.59 Å². The standard InChI is InChI=1S/C16H20O2/c1-16(2,3)10-6-9-11-7-4-5-8(14(7)17)12(11)13(10)15(9)18/h4-5,7-13H,6H2,1-3H3. The van der Waals surface area contributed by atoms with Crippen LogP contribution in [0.25, 0.3) is 0 Å². The van der Waals surface area contributed by atoms with Crippen molar-refractivity contribution in [3.05, 3.63) is 12.2 Å². The van der Waals surface area contributed by atoms with Crippen LogP contribution in [0.15, 0.2) is 12.2 Å². The fourth-order valence-corrected chi connectivity index (χ4v) is 5.43. The Balaban J connectivity index is 1.78. The lowest BCUT2D eigenvalue weighted by Gasteiger charge is -2.40. The topological polar surface area (TPSA) is 34.1 Å². The van der Waals surface area contributed by atoms with Crippen molar-refractivity contribution < 1.29 is 9.59 Å². The molecule has 0 aromatic heterocycles. The van der Waals surface area contributed by atoms with E-state index in [1.807, 2.05) is 0 Å². The van der Waals surface area contributed by atoms with E-state index in [-0.39, 0.29) is 29.1 Å². The molecule has 4 rings (SSSR count). The molecule has 4 bridgehead atoms. The van der Waals surface area contributed by atoms with Crippen molar-refractivity contribution in [2.75, 3.05) is 0 Å². The first-order chi connectivity index (χ1) is 8.41. The Bertz CT molecular complexity index is 482. The molecule has 0 spiro atoms. The van der Waals surface area contributed by atoms with Gasteiger partial charge in [-0.1, -0.05) is 32.9 Å². The van der Waals surface area contributed by atoms with E-state index in [1.165, 1.54) is 0 Å². The van der Waals surface area contributed by atoms with Crippen LogP contribution >= 0.6 is 0 Å². The molecule has 0 aromatic rings. The van der Waals surface area contributed by atoms with Crippen LogP contribution < -0.4 is 0 Å². The fraction of sp³-hybridized carbons (Fsp3) is 0.750. The van der Waals surface area contributed by atoms with Crippen LogP contribution in [0.4, 0.5) is 0 Å². The Hall–Kier alpha value is -0.920. The average Bonchev–Trinajstić information content (AvgIpc) is 2.96. The van der Waals surface area contributed by atoms with Crippen LogP contribution in [0.5, 0.6) is 0 Å². The molecule has 0 heterocycles. The third kappa shape index (κ3) is 1.02. The van der Waals surface area contributed by atoms with Crippen molar-refractivity contribution in [1.82, 2.24) is 0 Å². The number of ketones is 2. The zero-order valence-electron chi connectivity index (χ0n) is 11.2. The van der Waals surface area contributed by atoms with Gasteiger partial charge in [-0.15, -0.1) is 0 Å². The first-order valence-electron chi connectivity index (χ1n) is 7.17. The van der Waals surface area contributed by atoms with E-state index < -0.39 is 0 Å². The normalized spacial score (nSPS) is 52.5. The molecule has 4 aliphatic carbocycles. The highest BCUT2D eigenvalue weighted by molar-refractivity contribution is 5.99. The van der Waals surface area contributed by atoms with Gasteiger partial charge in [0.2, 0.25) is 0 Å². The number of carbonyl (C=O) groups is 2. The molecule has 0 aliphatic heterocycles. The van der Waals surface area contributed by atoms with Gasteiger partial charge in [0.15, 0.2) is 0 Å². The van der Waals surface area contributed by atoms with Gasteiger partial charge in [-0.25, -0.2) is 0 Å². The molecule has 2 heteroatoms. The van der Waals surface area contributed by atoms with E-state index in [0.717, 1.165) is 6.42 Å². The van der Waals surface area contributed by atoms with E-state index in [2.05, 4.69) is 32.9 Å². The van der Waals surface area contributed by atoms with Gasteiger partial charge in [0.1, 0.15) is 11.6 Å². The molecule has 0 amide bonds.